The maximum Gasteiger partial charge on any atom is 0.294 e. The second kappa shape index (κ2) is 10.0. The van der Waals surface area contributed by atoms with Crippen LogP contribution < -0.4 is 0 Å². The molecule has 6 heteroatoms. The molecule has 0 radical (unpaired) electrons. The van der Waals surface area contributed by atoms with Crippen molar-refractivity contribution in [2.45, 2.75) is 18.7 Å². The number of fused-ring (bicyclic) bond motifs is 2. The van der Waals surface area contributed by atoms with Crippen LogP contribution in [-0.2, 0) is 10.1 Å². The van der Waals surface area contributed by atoms with E-state index in [0.29, 0.717) is 0 Å². The van der Waals surface area contributed by atoms with Crippen LogP contribution in [0, 0.1) is 13.8 Å². The number of hydrogen-bond acceptors (Lipinski definition) is 3. The zero-order valence-electron chi connectivity index (χ0n) is 17.4. The highest BCUT2D eigenvalue weighted by Gasteiger charge is 2.06. The number of H-pyrrole nitrogens is 1. The molecule has 0 bridgehead atoms. The van der Waals surface area contributed by atoms with Crippen LogP contribution in [0.1, 0.15) is 11.3 Å². The van der Waals surface area contributed by atoms with Crippen LogP contribution in [0.4, 0.5) is 0 Å². The standard InChI is InChI=1S/C9H9N.C9H7N.C7H8O3S/c1-7-6-8-4-2-3-5-9(8)10-7;1-2-6-9-8(4-1)5-3-7-10-9;1-6-2-4-7(5-3-6)11(8,9)10/h2-6,10H,1H3;1-7H;2-5H,1H3,(H,8,9,10). The average Bonchev–Trinajstić information content (AvgIpc) is 3.14. The van der Waals surface area contributed by atoms with E-state index < -0.39 is 10.1 Å². The summed E-state index contributed by atoms with van der Waals surface area (Å²) in [5.41, 5.74) is 4.46. The molecule has 0 atom stereocenters. The summed E-state index contributed by atoms with van der Waals surface area (Å²) in [5.74, 6) is 0. The van der Waals surface area contributed by atoms with Crippen LogP contribution in [0.3, 0.4) is 0 Å². The van der Waals surface area contributed by atoms with Crippen molar-refractivity contribution in [3.8, 4) is 0 Å². The summed E-state index contributed by atoms with van der Waals surface area (Å²) in [7, 11) is -4.02. The summed E-state index contributed by atoms with van der Waals surface area (Å²) < 4.78 is 29.6. The summed E-state index contributed by atoms with van der Waals surface area (Å²) in [5, 5.41) is 2.49. The van der Waals surface area contributed by atoms with Gasteiger partial charge in [-0.3, -0.25) is 9.54 Å². The lowest BCUT2D eigenvalue weighted by Crippen LogP contribution is -1.96. The zero-order valence-corrected chi connectivity index (χ0v) is 18.2. The molecule has 5 rings (SSSR count). The topological polar surface area (TPSA) is 83.0 Å². The third-order valence-electron chi connectivity index (χ3n) is 4.50. The minimum Gasteiger partial charge on any atom is -0.359 e. The Kier molecular flexibility index (Phi) is 7.18. The lowest BCUT2D eigenvalue weighted by atomic mass is 10.2. The molecule has 0 aliphatic heterocycles. The number of pyridine rings is 1. The predicted molar refractivity (Wildman–Crippen MR) is 126 cm³/mol. The predicted octanol–water partition coefficient (Wildman–Crippen LogP) is 5.95. The van der Waals surface area contributed by atoms with Crippen LogP contribution in [0.5, 0.6) is 0 Å². The Hall–Kier alpha value is -3.48. The molecule has 0 unspecified atom stereocenters. The van der Waals surface area contributed by atoms with E-state index >= 15 is 0 Å². The van der Waals surface area contributed by atoms with Crippen LogP contribution in [0.15, 0.2) is 102 Å². The molecule has 0 saturated heterocycles. The second-order valence-electron chi connectivity index (χ2n) is 7.02. The van der Waals surface area contributed by atoms with Crippen molar-refractivity contribution >= 4 is 31.9 Å². The van der Waals surface area contributed by atoms with Crippen LogP contribution in [0.25, 0.3) is 21.8 Å². The number of nitrogens with zero attached hydrogens (tertiary/aromatic N) is 1. The van der Waals surface area contributed by atoms with Gasteiger partial charge in [0.05, 0.1) is 10.4 Å². The molecule has 0 saturated carbocycles. The fraction of sp³-hybridized carbons (Fsp3) is 0.0800. The van der Waals surface area contributed by atoms with E-state index in [1.54, 1.807) is 12.1 Å². The highest BCUT2D eigenvalue weighted by Crippen LogP contribution is 2.13. The first kappa shape index (κ1) is 22.2. The van der Waals surface area contributed by atoms with Crippen LogP contribution >= 0.6 is 0 Å². The number of rotatable bonds is 1. The number of hydrogen-bond donors (Lipinski definition) is 2. The highest BCUT2D eigenvalue weighted by atomic mass is 32.2. The second-order valence-corrected chi connectivity index (χ2v) is 8.45. The molecule has 0 amide bonds. The van der Waals surface area contributed by atoms with Gasteiger partial charge in [-0.15, -0.1) is 0 Å². The van der Waals surface area contributed by atoms with Gasteiger partial charge in [-0.25, -0.2) is 0 Å². The first-order valence-electron chi connectivity index (χ1n) is 9.71. The van der Waals surface area contributed by atoms with Gasteiger partial charge >= 0.3 is 0 Å². The van der Waals surface area contributed by atoms with Crippen molar-refractivity contribution in [3.63, 3.8) is 0 Å². The average molecular weight is 433 g/mol. The molecule has 31 heavy (non-hydrogen) atoms. The molecule has 2 heterocycles. The largest absolute Gasteiger partial charge is 0.359 e. The van der Waals surface area contributed by atoms with Gasteiger partial charge in [0.1, 0.15) is 0 Å². The van der Waals surface area contributed by atoms with Gasteiger partial charge in [0.2, 0.25) is 0 Å². The Morgan fingerprint density at radius 3 is 2.03 bits per heavy atom. The van der Waals surface area contributed by atoms with E-state index in [2.05, 4.69) is 53.3 Å². The fourth-order valence-electron chi connectivity index (χ4n) is 2.94. The molecular formula is C25H24N2O3S. The molecule has 3 aromatic carbocycles. The molecule has 0 fully saturated rings. The molecule has 5 nitrogen and oxygen atoms in total. The van der Waals surface area contributed by atoms with E-state index in [0.717, 1.165) is 11.1 Å². The minimum absolute atomic E-state index is 0.0666. The van der Waals surface area contributed by atoms with Crippen molar-refractivity contribution in [2.24, 2.45) is 0 Å². The van der Waals surface area contributed by atoms with Crippen molar-refractivity contribution in [1.82, 2.24) is 9.97 Å². The van der Waals surface area contributed by atoms with Crippen molar-refractivity contribution < 1.29 is 13.0 Å². The summed E-state index contributed by atoms with van der Waals surface area (Å²) in [4.78, 5) is 7.37. The molecule has 0 aliphatic rings. The van der Waals surface area contributed by atoms with E-state index in [1.165, 1.54) is 34.1 Å². The van der Waals surface area contributed by atoms with Gasteiger partial charge in [-0.05, 0) is 55.6 Å². The van der Waals surface area contributed by atoms with E-state index in [-0.39, 0.29) is 4.90 Å². The zero-order chi connectivity index (χ0) is 22.3. The fourth-order valence-corrected chi connectivity index (χ4v) is 3.42. The highest BCUT2D eigenvalue weighted by molar-refractivity contribution is 7.85. The Labute approximate surface area is 182 Å². The van der Waals surface area contributed by atoms with Gasteiger partial charge in [-0.1, -0.05) is 60.2 Å². The van der Waals surface area contributed by atoms with Crippen molar-refractivity contribution in [3.05, 3.63) is 108 Å². The van der Waals surface area contributed by atoms with Crippen LogP contribution in [-0.4, -0.2) is 22.9 Å². The van der Waals surface area contributed by atoms with Gasteiger partial charge in [0, 0.05) is 22.8 Å². The number of aryl methyl sites for hydroxylation is 2. The number of aromatic amines is 1. The van der Waals surface area contributed by atoms with Crippen molar-refractivity contribution in [2.75, 3.05) is 0 Å². The Balaban J connectivity index is 0.000000132. The summed E-state index contributed by atoms with van der Waals surface area (Å²) in [6, 6.07) is 28.5. The molecule has 0 spiro atoms. The lowest BCUT2D eigenvalue weighted by Gasteiger charge is -1.95. The van der Waals surface area contributed by atoms with Crippen LogP contribution in [0.2, 0.25) is 0 Å². The summed E-state index contributed by atoms with van der Waals surface area (Å²) in [6.45, 7) is 3.91. The summed E-state index contributed by atoms with van der Waals surface area (Å²) >= 11 is 0. The molecule has 158 valence electrons. The third kappa shape index (κ3) is 6.50. The number of para-hydroxylation sites is 2. The molecule has 2 N–H and O–H groups in total. The van der Waals surface area contributed by atoms with E-state index in [1.807, 2.05) is 43.5 Å². The first-order chi connectivity index (χ1) is 14.8. The van der Waals surface area contributed by atoms with E-state index in [9.17, 15) is 8.42 Å². The first-order valence-corrected chi connectivity index (χ1v) is 11.2. The maximum absolute atomic E-state index is 10.5. The monoisotopic (exact) mass is 432 g/mol. The third-order valence-corrected chi connectivity index (χ3v) is 5.36. The lowest BCUT2D eigenvalue weighted by molar-refractivity contribution is 0.483. The summed E-state index contributed by atoms with van der Waals surface area (Å²) in [6.07, 6.45) is 1.81. The molecule has 2 aromatic heterocycles. The van der Waals surface area contributed by atoms with Gasteiger partial charge in [0.25, 0.3) is 10.1 Å². The van der Waals surface area contributed by atoms with E-state index in [4.69, 9.17) is 4.55 Å². The molecule has 5 aromatic rings. The number of benzene rings is 3. The van der Waals surface area contributed by atoms with Gasteiger partial charge in [0.15, 0.2) is 0 Å². The molecule has 0 aliphatic carbocycles. The Morgan fingerprint density at radius 1 is 0.774 bits per heavy atom. The Bertz CT molecular complexity index is 1280. The minimum atomic E-state index is -4.02. The quantitative estimate of drug-likeness (QED) is 0.321. The van der Waals surface area contributed by atoms with Gasteiger partial charge in [-0.2, -0.15) is 8.42 Å². The SMILES string of the molecule is Cc1cc2ccccc2[nH]1.Cc1ccc(S(=O)(=O)O)cc1.c1ccc2ncccc2c1. The normalized spacial score (nSPS) is 10.7. The smallest absolute Gasteiger partial charge is 0.294 e. The number of aromatic nitrogens is 2. The Morgan fingerprint density at radius 2 is 1.39 bits per heavy atom. The van der Waals surface area contributed by atoms with Gasteiger partial charge < -0.3 is 4.98 Å². The number of nitrogens with one attached hydrogen (secondary N) is 1. The maximum atomic E-state index is 10.5. The molecular weight excluding hydrogens is 408 g/mol. The van der Waals surface area contributed by atoms with Crippen molar-refractivity contribution in [1.29, 1.82) is 0 Å².